The van der Waals surface area contributed by atoms with Gasteiger partial charge in [0.15, 0.2) is 0 Å². The fraction of sp³-hybridized carbons (Fsp3) is 0.533. The predicted molar refractivity (Wildman–Crippen MR) is 77.6 cm³/mol. The number of hydrogen-bond donors (Lipinski definition) is 2. The lowest BCUT2D eigenvalue weighted by atomic mass is 9.86. The zero-order valence-corrected chi connectivity index (χ0v) is 12.3. The highest BCUT2D eigenvalue weighted by Gasteiger charge is 2.54. The van der Waals surface area contributed by atoms with Crippen LogP contribution < -0.4 is 5.32 Å². The average Bonchev–Trinajstić information content (AvgIpc) is 2.53. The lowest BCUT2D eigenvalue weighted by Crippen LogP contribution is -2.49. The summed E-state index contributed by atoms with van der Waals surface area (Å²) in [4.78, 5) is 11.8. The molecule has 1 aromatic rings. The molecule has 0 saturated heterocycles. The standard InChI is InChI=1S/C15H20ClNO2/c1-10-8-14(2,3)9-15(10,13(18)19)17-12-7-5-4-6-11(12)16/h4-7,10,17H,8-9H2,1-3H3,(H,18,19). The lowest BCUT2D eigenvalue weighted by Gasteiger charge is -2.32. The van der Waals surface area contributed by atoms with Crippen LogP contribution in [0.25, 0.3) is 0 Å². The van der Waals surface area contributed by atoms with Gasteiger partial charge < -0.3 is 10.4 Å². The first-order valence-corrected chi connectivity index (χ1v) is 6.91. The Hall–Kier alpha value is -1.22. The Morgan fingerprint density at radius 2 is 2.05 bits per heavy atom. The van der Waals surface area contributed by atoms with Crippen LogP contribution in [-0.4, -0.2) is 16.6 Å². The van der Waals surface area contributed by atoms with Crippen LogP contribution in [0.4, 0.5) is 5.69 Å². The normalized spacial score (nSPS) is 29.2. The first-order chi connectivity index (χ1) is 8.77. The molecule has 1 aromatic carbocycles. The molecule has 0 aliphatic heterocycles. The highest BCUT2D eigenvalue weighted by Crippen LogP contribution is 2.49. The van der Waals surface area contributed by atoms with Gasteiger partial charge in [0.1, 0.15) is 5.54 Å². The summed E-state index contributed by atoms with van der Waals surface area (Å²) in [5.74, 6) is -0.748. The van der Waals surface area contributed by atoms with Crippen molar-refractivity contribution in [3.05, 3.63) is 29.3 Å². The van der Waals surface area contributed by atoms with Crippen molar-refractivity contribution in [3.63, 3.8) is 0 Å². The molecule has 3 nitrogen and oxygen atoms in total. The number of halogens is 1. The molecule has 104 valence electrons. The minimum atomic E-state index is -0.936. The quantitative estimate of drug-likeness (QED) is 0.879. The molecule has 2 atom stereocenters. The maximum atomic E-state index is 11.8. The van der Waals surface area contributed by atoms with E-state index in [-0.39, 0.29) is 11.3 Å². The second kappa shape index (κ2) is 4.71. The molecule has 0 amide bonds. The molecule has 1 saturated carbocycles. The van der Waals surface area contributed by atoms with Crippen molar-refractivity contribution in [3.8, 4) is 0 Å². The molecular formula is C15H20ClNO2. The molecule has 2 rings (SSSR count). The summed E-state index contributed by atoms with van der Waals surface area (Å²) in [6, 6.07) is 7.28. The number of anilines is 1. The minimum absolute atomic E-state index is 0.0199. The third kappa shape index (κ3) is 2.57. The molecule has 1 aliphatic rings. The van der Waals surface area contributed by atoms with Gasteiger partial charge in [0.25, 0.3) is 0 Å². The van der Waals surface area contributed by atoms with E-state index in [1.807, 2.05) is 25.1 Å². The second-order valence-electron chi connectivity index (χ2n) is 6.33. The van der Waals surface area contributed by atoms with Crippen LogP contribution in [0.2, 0.25) is 5.02 Å². The van der Waals surface area contributed by atoms with Gasteiger partial charge in [0.05, 0.1) is 10.7 Å². The molecule has 2 N–H and O–H groups in total. The average molecular weight is 282 g/mol. The van der Waals surface area contributed by atoms with Gasteiger partial charge in [-0.1, -0.05) is 44.5 Å². The molecule has 4 heteroatoms. The van der Waals surface area contributed by atoms with Gasteiger partial charge in [-0.25, -0.2) is 4.79 Å². The van der Waals surface area contributed by atoms with E-state index in [9.17, 15) is 9.90 Å². The van der Waals surface area contributed by atoms with Crippen LogP contribution in [0.3, 0.4) is 0 Å². The smallest absolute Gasteiger partial charge is 0.329 e. The summed E-state index contributed by atoms with van der Waals surface area (Å²) in [7, 11) is 0. The van der Waals surface area contributed by atoms with Crippen molar-refractivity contribution in [1.82, 2.24) is 0 Å². The number of nitrogens with one attached hydrogen (secondary N) is 1. The van der Waals surface area contributed by atoms with Crippen molar-refractivity contribution in [2.24, 2.45) is 11.3 Å². The van der Waals surface area contributed by atoms with E-state index < -0.39 is 11.5 Å². The van der Waals surface area contributed by atoms with Gasteiger partial charge in [0, 0.05) is 0 Å². The van der Waals surface area contributed by atoms with Gasteiger partial charge in [-0.3, -0.25) is 0 Å². The molecular weight excluding hydrogens is 262 g/mol. The SMILES string of the molecule is CC1CC(C)(C)CC1(Nc1ccccc1Cl)C(=O)O. The molecule has 0 radical (unpaired) electrons. The monoisotopic (exact) mass is 281 g/mol. The van der Waals surface area contributed by atoms with Crippen molar-refractivity contribution in [2.45, 2.75) is 39.2 Å². The van der Waals surface area contributed by atoms with E-state index in [2.05, 4.69) is 19.2 Å². The van der Waals surface area contributed by atoms with Crippen LogP contribution in [0.5, 0.6) is 0 Å². The molecule has 1 fully saturated rings. The van der Waals surface area contributed by atoms with Gasteiger partial charge in [-0.05, 0) is 36.3 Å². The number of para-hydroxylation sites is 1. The van der Waals surface area contributed by atoms with E-state index in [1.54, 1.807) is 6.07 Å². The molecule has 1 aliphatic carbocycles. The third-order valence-electron chi connectivity index (χ3n) is 4.07. The maximum Gasteiger partial charge on any atom is 0.329 e. The molecule has 19 heavy (non-hydrogen) atoms. The Balaban J connectivity index is 2.37. The van der Waals surface area contributed by atoms with E-state index in [1.165, 1.54) is 0 Å². The van der Waals surface area contributed by atoms with Crippen molar-refractivity contribution >= 4 is 23.3 Å². The summed E-state index contributed by atoms with van der Waals surface area (Å²) in [5.41, 5.74) is -0.225. The Labute approximate surface area is 119 Å². The predicted octanol–water partition coefficient (Wildman–Crippen LogP) is 4.03. The van der Waals surface area contributed by atoms with Crippen LogP contribution in [0.15, 0.2) is 24.3 Å². The number of rotatable bonds is 3. The van der Waals surface area contributed by atoms with Crippen molar-refractivity contribution in [1.29, 1.82) is 0 Å². The number of carboxylic acid groups (broad SMARTS) is 1. The molecule has 0 bridgehead atoms. The van der Waals surface area contributed by atoms with Crippen molar-refractivity contribution < 1.29 is 9.90 Å². The first-order valence-electron chi connectivity index (χ1n) is 6.53. The van der Waals surface area contributed by atoms with Gasteiger partial charge in [-0.2, -0.15) is 0 Å². The lowest BCUT2D eigenvalue weighted by molar-refractivity contribution is -0.143. The zero-order valence-electron chi connectivity index (χ0n) is 11.5. The van der Waals surface area contributed by atoms with E-state index in [0.717, 1.165) is 6.42 Å². The van der Waals surface area contributed by atoms with Gasteiger partial charge >= 0.3 is 5.97 Å². The highest BCUT2D eigenvalue weighted by molar-refractivity contribution is 6.33. The number of benzene rings is 1. The third-order valence-corrected chi connectivity index (χ3v) is 4.40. The molecule has 0 aromatic heterocycles. The topological polar surface area (TPSA) is 49.3 Å². The summed E-state index contributed by atoms with van der Waals surface area (Å²) in [5, 5.41) is 13.5. The Bertz CT molecular complexity index is 501. The summed E-state index contributed by atoms with van der Waals surface area (Å²) < 4.78 is 0. The Morgan fingerprint density at radius 3 is 2.53 bits per heavy atom. The van der Waals surface area contributed by atoms with E-state index in [0.29, 0.717) is 17.1 Å². The summed E-state index contributed by atoms with van der Waals surface area (Å²) >= 11 is 6.13. The summed E-state index contributed by atoms with van der Waals surface area (Å²) in [6.45, 7) is 6.22. The fourth-order valence-corrected chi connectivity index (χ4v) is 3.50. The van der Waals surface area contributed by atoms with Crippen LogP contribution in [0, 0.1) is 11.3 Å². The molecule has 0 heterocycles. The van der Waals surface area contributed by atoms with Crippen LogP contribution in [-0.2, 0) is 4.79 Å². The first kappa shape index (κ1) is 14.2. The minimum Gasteiger partial charge on any atom is -0.479 e. The maximum absolute atomic E-state index is 11.8. The highest BCUT2D eigenvalue weighted by atomic mass is 35.5. The molecule has 2 unspecified atom stereocenters. The fourth-order valence-electron chi connectivity index (χ4n) is 3.31. The van der Waals surface area contributed by atoms with Crippen LogP contribution in [0.1, 0.15) is 33.6 Å². The van der Waals surface area contributed by atoms with Gasteiger partial charge in [-0.15, -0.1) is 0 Å². The van der Waals surface area contributed by atoms with Crippen LogP contribution >= 0.6 is 11.6 Å². The largest absolute Gasteiger partial charge is 0.479 e. The zero-order chi connectivity index (χ0) is 14.3. The van der Waals surface area contributed by atoms with E-state index in [4.69, 9.17) is 11.6 Å². The summed E-state index contributed by atoms with van der Waals surface area (Å²) in [6.07, 6.45) is 1.48. The van der Waals surface area contributed by atoms with Gasteiger partial charge in [0.2, 0.25) is 0 Å². The Kier molecular flexibility index (Phi) is 3.52. The van der Waals surface area contributed by atoms with E-state index >= 15 is 0 Å². The Morgan fingerprint density at radius 1 is 1.42 bits per heavy atom. The number of hydrogen-bond acceptors (Lipinski definition) is 2. The number of carboxylic acids is 1. The second-order valence-corrected chi connectivity index (χ2v) is 6.73. The van der Waals surface area contributed by atoms with Crippen molar-refractivity contribution in [2.75, 3.05) is 5.32 Å². The number of carbonyl (C=O) groups is 1. The number of aliphatic carboxylic acids is 1. The molecule has 0 spiro atoms.